The van der Waals surface area contributed by atoms with Gasteiger partial charge in [0.25, 0.3) is 0 Å². The Morgan fingerprint density at radius 3 is 2.19 bits per heavy atom. The molecule has 1 aliphatic heterocycles. The lowest BCUT2D eigenvalue weighted by atomic mass is 9.92. The van der Waals surface area contributed by atoms with Gasteiger partial charge in [-0.3, -0.25) is 4.79 Å². The third kappa shape index (κ3) is 4.06. The number of hydrogen-bond donors (Lipinski definition) is 0. The first-order valence-corrected chi connectivity index (χ1v) is 13.5. The molecule has 7 nitrogen and oxygen atoms in total. The third-order valence-electron chi connectivity index (χ3n) is 7.38. The Balaban J connectivity index is 2.84. The minimum atomic E-state index is -2.54. The van der Waals surface area contributed by atoms with Crippen LogP contribution in [-0.2, 0) is 9.53 Å². The predicted molar refractivity (Wildman–Crippen MR) is 130 cm³/mol. The number of benzene rings is 1. The molecule has 0 saturated carbocycles. The van der Waals surface area contributed by atoms with E-state index >= 15 is 0 Å². The average molecular weight is 459 g/mol. The van der Waals surface area contributed by atoms with E-state index in [-0.39, 0.29) is 23.5 Å². The second kappa shape index (κ2) is 9.28. The first-order chi connectivity index (χ1) is 14.8. The highest BCUT2D eigenvalue weighted by molar-refractivity contribution is 6.96. The van der Waals surface area contributed by atoms with E-state index < -0.39 is 36.8 Å². The fourth-order valence-electron chi connectivity index (χ4n) is 6.33. The van der Waals surface area contributed by atoms with Crippen molar-refractivity contribution in [2.45, 2.75) is 90.1 Å². The van der Waals surface area contributed by atoms with Gasteiger partial charge in [-0.1, -0.05) is 82.2 Å². The number of azide groups is 1. The first-order valence-electron chi connectivity index (χ1n) is 11.4. The van der Waals surface area contributed by atoms with Crippen LogP contribution in [0.25, 0.3) is 10.4 Å². The molecule has 0 aliphatic carbocycles. The molecule has 1 aliphatic rings. The number of rotatable bonds is 6. The Kier molecular flexibility index (Phi) is 7.52. The lowest BCUT2D eigenvalue weighted by Gasteiger charge is -2.55. The van der Waals surface area contributed by atoms with Gasteiger partial charge in [-0.2, -0.15) is 0 Å². The van der Waals surface area contributed by atoms with Crippen LogP contribution in [0, 0.1) is 5.92 Å². The molecule has 8 heteroatoms. The fraction of sp³-hybridized carbons (Fsp3) is 0.667. The number of ether oxygens (including phenoxy) is 1. The standard InChI is InChI=1S/C24H38N4O3Si/c1-16(2)32(17(3)4,19-13-11-10-12-14-19)24(9)18(5)21(29)28(20(24)15-26-27-25)22(30)31-23(6,7)8/h10-14,16-18,20H,15H2,1-9H3/t18-,20-,24+/m0/s1. The second-order valence-electron chi connectivity index (χ2n) is 10.7. The van der Waals surface area contributed by atoms with E-state index in [1.165, 1.54) is 10.1 Å². The van der Waals surface area contributed by atoms with Gasteiger partial charge in [0.05, 0.1) is 6.04 Å². The van der Waals surface area contributed by atoms with Crippen LogP contribution in [0.4, 0.5) is 4.79 Å². The van der Waals surface area contributed by atoms with Crippen LogP contribution in [0.2, 0.25) is 16.1 Å². The number of hydrogen-bond acceptors (Lipinski definition) is 4. The molecule has 0 spiro atoms. The summed E-state index contributed by atoms with van der Waals surface area (Å²) in [4.78, 5) is 31.1. The second-order valence-corrected chi connectivity index (χ2v) is 16.4. The highest BCUT2D eigenvalue weighted by Gasteiger charge is 2.68. The molecule has 1 heterocycles. The van der Waals surface area contributed by atoms with Crippen LogP contribution in [0.1, 0.15) is 62.3 Å². The summed E-state index contributed by atoms with van der Waals surface area (Å²) >= 11 is 0. The number of nitrogens with zero attached hydrogens (tertiary/aromatic N) is 4. The summed E-state index contributed by atoms with van der Waals surface area (Å²) in [6.07, 6.45) is -0.667. The van der Waals surface area contributed by atoms with Crippen LogP contribution in [0.5, 0.6) is 0 Å². The molecule has 0 aromatic heterocycles. The number of amides is 2. The molecule has 1 aromatic rings. The van der Waals surface area contributed by atoms with Gasteiger partial charge in [-0.25, -0.2) is 9.69 Å². The van der Waals surface area contributed by atoms with Crippen molar-refractivity contribution in [3.8, 4) is 0 Å². The van der Waals surface area contributed by atoms with E-state index in [1.807, 2.05) is 25.1 Å². The number of carbonyl (C=O) groups excluding carboxylic acids is 2. The Morgan fingerprint density at radius 2 is 1.75 bits per heavy atom. The van der Waals surface area contributed by atoms with Gasteiger partial charge >= 0.3 is 6.09 Å². The molecule has 1 fully saturated rings. The zero-order chi connectivity index (χ0) is 24.5. The fourth-order valence-corrected chi connectivity index (χ4v) is 14.5. The SMILES string of the molecule is CC(C)[Si](c1ccccc1)(C(C)C)[C@@]1(C)[C@H](CN=[N+]=[N-])N(C(=O)OC(C)(C)C)C(=O)[C@@H]1C. The third-order valence-corrected chi connectivity index (χ3v) is 14.9. The molecule has 0 radical (unpaired) electrons. The van der Waals surface area contributed by atoms with Gasteiger partial charge in [0.15, 0.2) is 0 Å². The van der Waals surface area contributed by atoms with Gasteiger partial charge in [0.1, 0.15) is 13.7 Å². The normalized spacial score (nSPS) is 24.1. The monoisotopic (exact) mass is 458 g/mol. The smallest absolute Gasteiger partial charge is 0.417 e. The molecule has 0 unspecified atom stereocenters. The lowest BCUT2D eigenvalue weighted by Crippen LogP contribution is -2.66. The molecule has 2 rings (SSSR count). The summed E-state index contributed by atoms with van der Waals surface area (Å²) in [5.74, 6) is -0.681. The molecule has 0 bridgehead atoms. The minimum absolute atomic E-state index is 0.0311. The average Bonchev–Trinajstić information content (AvgIpc) is 2.87. The van der Waals surface area contributed by atoms with Gasteiger partial charge in [-0.15, -0.1) is 0 Å². The molecule has 2 amide bonds. The molecular weight excluding hydrogens is 420 g/mol. The molecule has 0 N–H and O–H groups in total. The highest BCUT2D eigenvalue weighted by atomic mass is 28.3. The van der Waals surface area contributed by atoms with Crippen molar-refractivity contribution in [1.29, 1.82) is 0 Å². The van der Waals surface area contributed by atoms with E-state index in [4.69, 9.17) is 10.3 Å². The Labute approximate surface area is 193 Å². The molecule has 3 atom stereocenters. The van der Waals surface area contributed by atoms with Crippen molar-refractivity contribution in [1.82, 2.24) is 4.90 Å². The van der Waals surface area contributed by atoms with E-state index in [9.17, 15) is 9.59 Å². The van der Waals surface area contributed by atoms with Gasteiger partial charge in [0.2, 0.25) is 5.91 Å². The summed E-state index contributed by atoms with van der Waals surface area (Å²) in [6, 6.07) is 9.83. The first kappa shape index (κ1) is 25.9. The maximum absolute atomic E-state index is 13.7. The van der Waals surface area contributed by atoms with Crippen molar-refractivity contribution >= 4 is 25.3 Å². The van der Waals surface area contributed by atoms with E-state index in [2.05, 4.69) is 56.8 Å². The number of imide groups is 1. The highest BCUT2D eigenvalue weighted by Crippen LogP contribution is 2.61. The quantitative estimate of drug-likeness (QED) is 0.226. The molecule has 176 valence electrons. The zero-order valence-corrected chi connectivity index (χ0v) is 21.9. The van der Waals surface area contributed by atoms with Gasteiger partial charge in [0, 0.05) is 22.4 Å². The van der Waals surface area contributed by atoms with Crippen LogP contribution in [0.3, 0.4) is 0 Å². The van der Waals surface area contributed by atoms with Crippen LogP contribution >= 0.6 is 0 Å². The Morgan fingerprint density at radius 1 is 1.22 bits per heavy atom. The topological polar surface area (TPSA) is 95.4 Å². The summed E-state index contributed by atoms with van der Waals surface area (Å²) in [6.45, 7) is 18.3. The molecule has 1 saturated heterocycles. The summed E-state index contributed by atoms with van der Waals surface area (Å²) < 4.78 is 5.63. The van der Waals surface area contributed by atoms with Crippen LogP contribution < -0.4 is 5.19 Å². The van der Waals surface area contributed by atoms with Crippen LogP contribution in [0.15, 0.2) is 35.4 Å². The Bertz CT molecular complexity index is 882. The number of likely N-dealkylation sites (tertiary alicyclic amines) is 1. The van der Waals surface area contributed by atoms with Crippen molar-refractivity contribution in [2.24, 2.45) is 11.0 Å². The van der Waals surface area contributed by atoms with Crippen molar-refractivity contribution in [2.75, 3.05) is 6.54 Å². The van der Waals surface area contributed by atoms with Crippen LogP contribution in [-0.4, -0.2) is 43.2 Å². The van der Waals surface area contributed by atoms with Crippen molar-refractivity contribution in [3.63, 3.8) is 0 Å². The zero-order valence-electron chi connectivity index (χ0n) is 20.9. The summed E-state index contributed by atoms with van der Waals surface area (Å²) in [5, 5.41) is 4.56. The molecule has 32 heavy (non-hydrogen) atoms. The lowest BCUT2D eigenvalue weighted by molar-refractivity contribution is -0.130. The maximum Gasteiger partial charge on any atom is 0.417 e. The summed E-state index contributed by atoms with van der Waals surface area (Å²) in [7, 11) is -2.54. The number of carbonyl (C=O) groups is 2. The van der Waals surface area contributed by atoms with E-state index in [1.54, 1.807) is 20.8 Å². The van der Waals surface area contributed by atoms with Crippen molar-refractivity contribution < 1.29 is 14.3 Å². The van der Waals surface area contributed by atoms with Gasteiger partial charge < -0.3 is 4.74 Å². The Hall–Kier alpha value is -2.31. The minimum Gasteiger partial charge on any atom is -0.443 e. The van der Waals surface area contributed by atoms with E-state index in [0.29, 0.717) is 0 Å². The molecule has 1 aromatic carbocycles. The summed E-state index contributed by atoms with van der Waals surface area (Å²) in [5.41, 5.74) is 8.94. The van der Waals surface area contributed by atoms with E-state index in [0.717, 1.165) is 0 Å². The largest absolute Gasteiger partial charge is 0.443 e. The molecular formula is C24H38N4O3Si. The van der Waals surface area contributed by atoms with Gasteiger partial charge in [-0.05, 0) is 37.4 Å². The van der Waals surface area contributed by atoms with Crippen molar-refractivity contribution in [3.05, 3.63) is 40.8 Å². The predicted octanol–water partition coefficient (Wildman–Crippen LogP) is 6.02. The maximum atomic E-state index is 13.7.